The second-order valence-electron chi connectivity index (χ2n) is 5.84. The van der Waals surface area contributed by atoms with E-state index in [9.17, 15) is 5.26 Å². The zero-order valence-corrected chi connectivity index (χ0v) is 12.4. The number of nitrogens with two attached hydrogens (primary N) is 1. The summed E-state index contributed by atoms with van der Waals surface area (Å²) in [5.41, 5.74) is 8.36. The average molecular weight is 283 g/mol. The second kappa shape index (κ2) is 5.74. The quantitative estimate of drug-likeness (QED) is 0.939. The first-order valence-corrected chi connectivity index (χ1v) is 7.59. The molecule has 1 fully saturated rings. The number of likely N-dealkylation sites (tertiary alicyclic amines) is 1. The average Bonchev–Trinajstić information content (AvgIpc) is 2.84. The van der Waals surface area contributed by atoms with Crippen molar-refractivity contribution in [1.82, 2.24) is 14.5 Å². The minimum absolute atomic E-state index is 0.252. The lowest BCUT2D eigenvalue weighted by Gasteiger charge is -2.30. The first-order chi connectivity index (χ1) is 10.2. The minimum atomic E-state index is 0.252. The second-order valence-corrected chi connectivity index (χ2v) is 5.84. The van der Waals surface area contributed by atoms with E-state index in [0.29, 0.717) is 17.0 Å². The number of anilines is 1. The van der Waals surface area contributed by atoms with Crippen LogP contribution in [-0.2, 0) is 0 Å². The molecular formula is C16H21N5. The topological polar surface area (TPSA) is 70.9 Å². The maximum atomic E-state index is 9.19. The molecular weight excluding hydrogens is 262 g/mol. The molecule has 2 N–H and O–H groups in total. The number of hydrogen-bond acceptors (Lipinski definition) is 4. The largest absolute Gasteiger partial charge is 0.369 e. The molecule has 3 rings (SSSR count). The Labute approximate surface area is 125 Å². The summed E-state index contributed by atoms with van der Waals surface area (Å²) in [4.78, 5) is 6.89. The van der Waals surface area contributed by atoms with E-state index in [-0.39, 0.29) is 6.04 Å². The normalized spacial score (nSPS) is 17.7. The predicted octanol–water partition coefficient (Wildman–Crippen LogP) is 2.54. The first-order valence-electron chi connectivity index (χ1n) is 7.59. The molecule has 5 nitrogen and oxygen atoms in total. The van der Waals surface area contributed by atoms with Gasteiger partial charge < -0.3 is 15.2 Å². The number of nitriles is 1. The molecule has 21 heavy (non-hydrogen) atoms. The Kier molecular flexibility index (Phi) is 3.80. The number of imidazole rings is 1. The van der Waals surface area contributed by atoms with Crippen LogP contribution in [-0.4, -0.2) is 34.1 Å². The summed E-state index contributed by atoms with van der Waals surface area (Å²) in [5.74, 6) is 0.497. The number of nitrogens with zero attached hydrogens (tertiary/aromatic N) is 4. The number of para-hydroxylation sites is 1. The van der Waals surface area contributed by atoms with Gasteiger partial charge in [0.05, 0.1) is 11.1 Å². The van der Waals surface area contributed by atoms with Crippen LogP contribution in [0.4, 0.5) is 5.95 Å². The lowest BCUT2D eigenvalue weighted by molar-refractivity contribution is 0.204. The van der Waals surface area contributed by atoms with Gasteiger partial charge in [0.15, 0.2) is 0 Å². The van der Waals surface area contributed by atoms with E-state index in [0.717, 1.165) is 12.1 Å². The SMILES string of the molecule is CC(CN1CCCCC1)n1c(N)nc2c(C#N)cccc21. The molecule has 0 spiro atoms. The van der Waals surface area contributed by atoms with Crippen LogP contribution in [0.2, 0.25) is 0 Å². The van der Waals surface area contributed by atoms with E-state index in [4.69, 9.17) is 5.73 Å². The maximum absolute atomic E-state index is 9.19. The molecule has 110 valence electrons. The van der Waals surface area contributed by atoms with Crippen molar-refractivity contribution in [3.05, 3.63) is 23.8 Å². The van der Waals surface area contributed by atoms with E-state index in [1.807, 2.05) is 12.1 Å². The summed E-state index contributed by atoms with van der Waals surface area (Å²) < 4.78 is 2.06. The zero-order chi connectivity index (χ0) is 14.8. The highest BCUT2D eigenvalue weighted by atomic mass is 15.2. The van der Waals surface area contributed by atoms with Crippen LogP contribution < -0.4 is 5.73 Å². The van der Waals surface area contributed by atoms with Gasteiger partial charge in [-0.15, -0.1) is 0 Å². The molecule has 1 aliphatic rings. The molecule has 2 aromatic rings. The zero-order valence-electron chi connectivity index (χ0n) is 12.4. The van der Waals surface area contributed by atoms with Crippen LogP contribution in [0.3, 0.4) is 0 Å². The summed E-state index contributed by atoms with van der Waals surface area (Å²) >= 11 is 0. The van der Waals surface area contributed by atoms with Crippen molar-refractivity contribution < 1.29 is 0 Å². The van der Waals surface area contributed by atoms with Gasteiger partial charge in [0, 0.05) is 12.6 Å². The number of benzene rings is 1. The van der Waals surface area contributed by atoms with Gasteiger partial charge in [0.2, 0.25) is 5.95 Å². The van der Waals surface area contributed by atoms with Crippen molar-refractivity contribution in [2.45, 2.75) is 32.2 Å². The molecule has 1 aromatic heterocycles. The van der Waals surface area contributed by atoms with Crippen LogP contribution in [0, 0.1) is 11.3 Å². The van der Waals surface area contributed by atoms with Crippen molar-refractivity contribution in [1.29, 1.82) is 5.26 Å². The summed E-state index contributed by atoms with van der Waals surface area (Å²) in [6.45, 7) is 5.48. The van der Waals surface area contributed by atoms with Crippen molar-refractivity contribution in [3.8, 4) is 6.07 Å². The molecule has 1 atom stereocenters. The van der Waals surface area contributed by atoms with E-state index in [2.05, 4.69) is 27.4 Å². The van der Waals surface area contributed by atoms with Gasteiger partial charge in [-0.1, -0.05) is 12.5 Å². The Morgan fingerprint density at radius 1 is 1.33 bits per heavy atom. The predicted molar refractivity (Wildman–Crippen MR) is 83.9 cm³/mol. The molecule has 0 radical (unpaired) electrons. The Hall–Kier alpha value is -2.06. The fourth-order valence-corrected chi connectivity index (χ4v) is 3.29. The third-order valence-corrected chi connectivity index (χ3v) is 4.28. The molecule has 5 heteroatoms. The number of piperidine rings is 1. The Morgan fingerprint density at radius 3 is 2.81 bits per heavy atom. The highest BCUT2D eigenvalue weighted by molar-refractivity contribution is 5.84. The lowest BCUT2D eigenvalue weighted by atomic mass is 10.1. The number of rotatable bonds is 3. The highest BCUT2D eigenvalue weighted by Crippen LogP contribution is 2.26. The standard InChI is InChI=1S/C16H21N5/c1-12(11-20-8-3-2-4-9-20)21-14-7-5-6-13(10-17)15(14)19-16(21)18/h5-7,12H,2-4,8-9,11H2,1H3,(H2,18,19). The minimum Gasteiger partial charge on any atom is -0.369 e. The van der Waals surface area contributed by atoms with Crippen molar-refractivity contribution >= 4 is 17.0 Å². The first kappa shape index (κ1) is 13.9. The number of hydrogen-bond donors (Lipinski definition) is 1. The van der Waals surface area contributed by atoms with Gasteiger partial charge in [-0.3, -0.25) is 0 Å². The van der Waals surface area contributed by atoms with Crippen molar-refractivity contribution in [2.24, 2.45) is 0 Å². The van der Waals surface area contributed by atoms with Crippen LogP contribution in [0.25, 0.3) is 11.0 Å². The molecule has 0 aliphatic carbocycles. The van der Waals surface area contributed by atoms with Gasteiger partial charge >= 0.3 is 0 Å². The number of aromatic nitrogens is 2. The monoisotopic (exact) mass is 283 g/mol. The smallest absolute Gasteiger partial charge is 0.201 e. The number of nitrogen functional groups attached to an aromatic ring is 1. The Balaban J connectivity index is 1.92. The summed E-state index contributed by atoms with van der Waals surface area (Å²) in [6, 6.07) is 8.11. The molecule has 0 saturated carbocycles. The number of fused-ring (bicyclic) bond motifs is 1. The highest BCUT2D eigenvalue weighted by Gasteiger charge is 2.19. The molecule has 0 bridgehead atoms. The van der Waals surface area contributed by atoms with Gasteiger partial charge in [-0.05, 0) is 45.0 Å². The maximum Gasteiger partial charge on any atom is 0.201 e. The van der Waals surface area contributed by atoms with Crippen LogP contribution in [0.1, 0.15) is 37.8 Å². The fraction of sp³-hybridized carbons (Fsp3) is 0.500. The molecule has 0 amide bonds. The van der Waals surface area contributed by atoms with E-state index in [1.54, 1.807) is 6.07 Å². The van der Waals surface area contributed by atoms with Crippen LogP contribution >= 0.6 is 0 Å². The lowest BCUT2D eigenvalue weighted by Crippen LogP contribution is -2.34. The summed E-state index contributed by atoms with van der Waals surface area (Å²) in [5, 5.41) is 9.19. The Morgan fingerprint density at radius 2 is 2.10 bits per heavy atom. The Bertz CT molecular complexity index is 676. The molecule has 1 saturated heterocycles. The van der Waals surface area contributed by atoms with Gasteiger partial charge in [-0.2, -0.15) is 5.26 Å². The van der Waals surface area contributed by atoms with Gasteiger partial charge in [0.25, 0.3) is 0 Å². The van der Waals surface area contributed by atoms with Crippen LogP contribution in [0.5, 0.6) is 0 Å². The van der Waals surface area contributed by atoms with Gasteiger partial charge in [-0.25, -0.2) is 4.98 Å². The molecule has 1 aliphatic heterocycles. The third kappa shape index (κ3) is 2.59. The van der Waals surface area contributed by atoms with E-state index >= 15 is 0 Å². The summed E-state index contributed by atoms with van der Waals surface area (Å²) in [6.07, 6.45) is 3.91. The third-order valence-electron chi connectivity index (χ3n) is 4.28. The van der Waals surface area contributed by atoms with Crippen LogP contribution in [0.15, 0.2) is 18.2 Å². The molecule has 2 heterocycles. The van der Waals surface area contributed by atoms with E-state index in [1.165, 1.54) is 32.4 Å². The van der Waals surface area contributed by atoms with Gasteiger partial charge in [0.1, 0.15) is 11.6 Å². The van der Waals surface area contributed by atoms with E-state index < -0.39 is 0 Å². The fourth-order valence-electron chi connectivity index (χ4n) is 3.29. The van der Waals surface area contributed by atoms with Crippen molar-refractivity contribution in [2.75, 3.05) is 25.4 Å². The molecule has 1 unspecified atom stereocenters. The molecule has 1 aromatic carbocycles. The summed E-state index contributed by atoms with van der Waals surface area (Å²) in [7, 11) is 0. The van der Waals surface area contributed by atoms with Crippen molar-refractivity contribution in [3.63, 3.8) is 0 Å².